The normalized spacial score (nSPS) is 10.8. The monoisotopic (exact) mass is 537 g/mol. The van der Waals surface area contributed by atoms with Gasteiger partial charge in [-0.15, -0.1) is 0 Å². The van der Waals surface area contributed by atoms with Gasteiger partial charge in [0.25, 0.3) is 5.91 Å². The number of carbonyl (C=O) groups is 1. The third-order valence-electron chi connectivity index (χ3n) is 6.15. The number of aromatic nitrogens is 2. The van der Waals surface area contributed by atoms with Crippen molar-refractivity contribution in [2.45, 2.75) is 25.8 Å². The molecule has 200 valence electrons. The van der Waals surface area contributed by atoms with E-state index in [1.807, 2.05) is 42.5 Å². The summed E-state index contributed by atoms with van der Waals surface area (Å²) in [6.45, 7) is 1.85. The van der Waals surface area contributed by atoms with Crippen molar-refractivity contribution < 1.29 is 23.7 Å². The molecule has 0 atom stereocenters. The number of ether oxygens (including phenoxy) is 4. The average molecular weight is 538 g/mol. The maximum atomic E-state index is 12.9. The molecule has 0 aliphatic carbocycles. The molecule has 1 amide bonds. The van der Waals surface area contributed by atoms with Gasteiger partial charge in [0, 0.05) is 30.1 Å². The molecule has 4 aromatic rings. The van der Waals surface area contributed by atoms with Gasteiger partial charge in [0.2, 0.25) is 5.75 Å². The largest absolute Gasteiger partial charge is 0.494 e. The highest BCUT2D eigenvalue weighted by atomic mass is 35.5. The zero-order chi connectivity index (χ0) is 26.9. The zero-order valence-corrected chi connectivity index (χ0v) is 22.6. The summed E-state index contributed by atoms with van der Waals surface area (Å²) in [5.41, 5.74) is 2.45. The van der Waals surface area contributed by atoms with Crippen molar-refractivity contribution in [3.05, 3.63) is 77.1 Å². The standard InChI is InChI=1S/C29H32ClN3O5/c1-35-25-18-20(19-26(36-2)28(25)37-3)29(34)31-15-14-27-32-23-8-4-5-9-24(23)33(27)16-6-7-17-38-22-12-10-21(30)11-13-22/h4-5,8-13,18-19H,6-7,14-17H2,1-3H3,(H,31,34). The van der Waals surface area contributed by atoms with Crippen molar-refractivity contribution in [3.63, 3.8) is 0 Å². The Hall–Kier alpha value is -3.91. The first-order valence-electron chi connectivity index (χ1n) is 12.4. The number of nitrogens with zero attached hydrogens (tertiary/aromatic N) is 2. The number of amides is 1. The number of aryl methyl sites for hydroxylation is 1. The molecule has 4 rings (SSSR count). The van der Waals surface area contributed by atoms with Gasteiger partial charge >= 0.3 is 0 Å². The number of methoxy groups -OCH3 is 3. The minimum absolute atomic E-state index is 0.230. The molecule has 38 heavy (non-hydrogen) atoms. The van der Waals surface area contributed by atoms with Crippen LogP contribution in [-0.2, 0) is 13.0 Å². The highest BCUT2D eigenvalue weighted by molar-refractivity contribution is 6.30. The lowest BCUT2D eigenvalue weighted by molar-refractivity contribution is 0.0953. The predicted molar refractivity (Wildman–Crippen MR) is 148 cm³/mol. The van der Waals surface area contributed by atoms with Crippen LogP contribution in [0.3, 0.4) is 0 Å². The summed E-state index contributed by atoms with van der Waals surface area (Å²) in [4.78, 5) is 17.7. The van der Waals surface area contributed by atoms with E-state index in [4.69, 9.17) is 35.5 Å². The van der Waals surface area contributed by atoms with Gasteiger partial charge in [-0.1, -0.05) is 23.7 Å². The van der Waals surface area contributed by atoms with Crippen LogP contribution in [0.4, 0.5) is 0 Å². The van der Waals surface area contributed by atoms with E-state index in [0.717, 1.165) is 42.0 Å². The number of carbonyl (C=O) groups excluding carboxylic acids is 1. The van der Waals surface area contributed by atoms with E-state index in [-0.39, 0.29) is 5.91 Å². The second kappa shape index (κ2) is 13.1. The Balaban J connectivity index is 1.36. The van der Waals surface area contributed by atoms with E-state index < -0.39 is 0 Å². The molecule has 0 radical (unpaired) electrons. The molecular weight excluding hydrogens is 506 g/mol. The smallest absolute Gasteiger partial charge is 0.251 e. The third-order valence-corrected chi connectivity index (χ3v) is 6.41. The maximum absolute atomic E-state index is 12.9. The molecule has 0 unspecified atom stereocenters. The molecule has 0 saturated carbocycles. The quantitative estimate of drug-likeness (QED) is 0.225. The first-order chi connectivity index (χ1) is 18.5. The summed E-state index contributed by atoms with van der Waals surface area (Å²) in [5, 5.41) is 3.68. The summed E-state index contributed by atoms with van der Waals surface area (Å²) >= 11 is 5.93. The van der Waals surface area contributed by atoms with E-state index in [1.54, 1.807) is 12.1 Å². The number of hydrogen-bond donors (Lipinski definition) is 1. The van der Waals surface area contributed by atoms with E-state index in [9.17, 15) is 4.79 Å². The van der Waals surface area contributed by atoms with Crippen molar-refractivity contribution in [1.82, 2.24) is 14.9 Å². The second-order valence-electron chi connectivity index (χ2n) is 8.60. The topological polar surface area (TPSA) is 83.8 Å². The van der Waals surface area contributed by atoms with Crippen LogP contribution in [0.5, 0.6) is 23.0 Å². The van der Waals surface area contributed by atoms with Gasteiger partial charge in [0.05, 0.1) is 39.0 Å². The van der Waals surface area contributed by atoms with Crippen molar-refractivity contribution in [1.29, 1.82) is 0 Å². The second-order valence-corrected chi connectivity index (χ2v) is 9.03. The molecule has 0 bridgehead atoms. The Morgan fingerprint density at radius 1 is 0.947 bits per heavy atom. The predicted octanol–water partition coefficient (Wildman–Crippen LogP) is 5.55. The fourth-order valence-corrected chi connectivity index (χ4v) is 4.39. The summed E-state index contributed by atoms with van der Waals surface area (Å²) in [5.74, 6) is 2.81. The fourth-order valence-electron chi connectivity index (χ4n) is 4.26. The van der Waals surface area contributed by atoms with Crippen LogP contribution in [-0.4, -0.2) is 49.9 Å². The number of imidazole rings is 1. The van der Waals surface area contributed by atoms with Crippen LogP contribution < -0.4 is 24.3 Å². The van der Waals surface area contributed by atoms with Crippen molar-refractivity contribution in [2.75, 3.05) is 34.5 Å². The molecule has 8 nitrogen and oxygen atoms in total. The minimum Gasteiger partial charge on any atom is -0.494 e. The van der Waals surface area contributed by atoms with Crippen molar-refractivity contribution >= 4 is 28.5 Å². The Labute approximate surface area is 227 Å². The fraction of sp³-hybridized carbons (Fsp3) is 0.310. The molecule has 1 aromatic heterocycles. The average Bonchev–Trinajstić information content (AvgIpc) is 3.30. The molecule has 0 fully saturated rings. The Morgan fingerprint density at radius 2 is 1.66 bits per heavy atom. The van der Waals surface area contributed by atoms with Crippen LogP contribution in [0.15, 0.2) is 60.7 Å². The number of unbranched alkanes of at least 4 members (excludes halogenated alkanes) is 1. The van der Waals surface area contributed by atoms with Crippen LogP contribution in [0.25, 0.3) is 11.0 Å². The molecule has 0 spiro atoms. The van der Waals surface area contributed by atoms with Gasteiger partial charge in [-0.25, -0.2) is 4.98 Å². The number of rotatable bonds is 13. The number of nitrogens with one attached hydrogen (secondary N) is 1. The molecule has 1 heterocycles. The Kier molecular flexibility index (Phi) is 9.32. The van der Waals surface area contributed by atoms with Crippen LogP contribution in [0.2, 0.25) is 5.02 Å². The van der Waals surface area contributed by atoms with Gasteiger partial charge in [-0.05, 0) is 61.4 Å². The zero-order valence-electron chi connectivity index (χ0n) is 21.8. The first-order valence-corrected chi connectivity index (χ1v) is 12.8. The number of halogens is 1. The van der Waals surface area contributed by atoms with E-state index in [1.165, 1.54) is 21.3 Å². The van der Waals surface area contributed by atoms with Gasteiger partial charge in [-0.2, -0.15) is 0 Å². The van der Waals surface area contributed by atoms with Crippen molar-refractivity contribution in [3.8, 4) is 23.0 Å². The molecular formula is C29H32ClN3O5. The molecule has 3 aromatic carbocycles. The molecule has 0 aliphatic rings. The minimum atomic E-state index is -0.230. The maximum Gasteiger partial charge on any atom is 0.251 e. The molecule has 1 N–H and O–H groups in total. The first kappa shape index (κ1) is 27.1. The van der Waals surface area contributed by atoms with Crippen LogP contribution in [0, 0.1) is 0 Å². The van der Waals surface area contributed by atoms with Gasteiger partial charge in [-0.3, -0.25) is 4.79 Å². The van der Waals surface area contributed by atoms with Gasteiger partial charge in [0.1, 0.15) is 11.6 Å². The molecule has 9 heteroatoms. The van der Waals surface area contributed by atoms with E-state index in [2.05, 4.69) is 16.0 Å². The van der Waals surface area contributed by atoms with E-state index in [0.29, 0.717) is 47.4 Å². The number of benzene rings is 3. The van der Waals surface area contributed by atoms with Crippen molar-refractivity contribution in [2.24, 2.45) is 0 Å². The summed E-state index contributed by atoms with van der Waals surface area (Å²) in [6, 6.07) is 18.7. The Morgan fingerprint density at radius 3 is 2.34 bits per heavy atom. The summed E-state index contributed by atoms with van der Waals surface area (Å²) < 4.78 is 24.1. The molecule has 0 aliphatic heterocycles. The number of fused-ring (bicyclic) bond motifs is 1. The molecule has 0 saturated heterocycles. The number of para-hydroxylation sites is 2. The van der Waals surface area contributed by atoms with E-state index >= 15 is 0 Å². The number of hydrogen-bond acceptors (Lipinski definition) is 6. The Bertz CT molecular complexity index is 1350. The van der Waals surface area contributed by atoms with Crippen LogP contribution in [0.1, 0.15) is 29.0 Å². The lowest BCUT2D eigenvalue weighted by Gasteiger charge is -2.14. The van der Waals surface area contributed by atoms with Gasteiger partial charge in [0.15, 0.2) is 11.5 Å². The highest BCUT2D eigenvalue weighted by Gasteiger charge is 2.17. The third kappa shape index (κ3) is 6.50. The highest BCUT2D eigenvalue weighted by Crippen LogP contribution is 2.38. The lowest BCUT2D eigenvalue weighted by Crippen LogP contribution is -2.26. The lowest BCUT2D eigenvalue weighted by atomic mass is 10.1. The summed E-state index contributed by atoms with van der Waals surface area (Å²) in [6.07, 6.45) is 2.41. The summed E-state index contributed by atoms with van der Waals surface area (Å²) in [7, 11) is 4.57. The van der Waals surface area contributed by atoms with Gasteiger partial charge < -0.3 is 28.8 Å². The van der Waals surface area contributed by atoms with Crippen LogP contribution >= 0.6 is 11.6 Å². The SMILES string of the molecule is COc1cc(C(=O)NCCc2nc3ccccc3n2CCCCOc2ccc(Cl)cc2)cc(OC)c1OC.